The normalized spacial score (nSPS) is 19.6. The van der Waals surface area contributed by atoms with Crippen molar-refractivity contribution in [3.63, 3.8) is 0 Å². The van der Waals surface area contributed by atoms with Crippen molar-refractivity contribution >= 4 is 22.0 Å². The molecule has 18 heavy (non-hydrogen) atoms. The summed E-state index contributed by atoms with van der Waals surface area (Å²) in [5, 5.41) is 0.732. The second-order valence-electron chi connectivity index (χ2n) is 4.13. The van der Waals surface area contributed by atoms with E-state index in [1.165, 1.54) is 0 Å². The van der Waals surface area contributed by atoms with Crippen LogP contribution in [0.3, 0.4) is 0 Å². The van der Waals surface area contributed by atoms with E-state index >= 15 is 0 Å². The highest BCUT2D eigenvalue weighted by Gasteiger charge is 2.24. The Balaban J connectivity index is 1.81. The fourth-order valence-electron chi connectivity index (χ4n) is 1.79. The van der Waals surface area contributed by atoms with Crippen LogP contribution in [0.4, 0.5) is 4.79 Å². The van der Waals surface area contributed by atoms with Gasteiger partial charge in [-0.1, -0.05) is 46.3 Å². The Bertz CT molecular complexity index is 385. The van der Waals surface area contributed by atoms with Crippen molar-refractivity contribution in [1.82, 2.24) is 4.90 Å². The minimum atomic E-state index is -0.270. The summed E-state index contributed by atoms with van der Waals surface area (Å²) in [7, 11) is 0. The van der Waals surface area contributed by atoms with Crippen molar-refractivity contribution in [2.45, 2.75) is 12.7 Å². The average Bonchev–Trinajstić information content (AvgIpc) is 2.46. The molecule has 0 N–H and O–H groups in total. The molecule has 98 valence electrons. The zero-order chi connectivity index (χ0) is 12.8. The molecule has 1 unspecified atom stereocenters. The third kappa shape index (κ3) is 3.71. The van der Waals surface area contributed by atoms with E-state index in [0.717, 1.165) is 10.9 Å². The smallest absolute Gasteiger partial charge is 0.410 e. The van der Waals surface area contributed by atoms with E-state index in [1.54, 1.807) is 4.90 Å². The first-order valence-corrected chi connectivity index (χ1v) is 7.05. The number of halogens is 1. The molecule has 0 aromatic heterocycles. The van der Waals surface area contributed by atoms with Gasteiger partial charge < -0.3 is 14.4 Å². The van der Waals surface area contributed by atoms with Gasteiger partial charge in [0.25, 0.3) is 0 Å². The van der Waals surface area contributed by atoms with E-state index in [-0.39, 0.29) is 12.2 Å². The summed E-state index contributed by atoms with van der Waals surface area (Å²) in [6.45, 7) is 2.06. The molecule has 0 saturated carbocycles. The predicted molar refractivity (Wildman–Crippen MR) is 71.7 cm³/mol. The maximum absolute atomic E-state index is 11.9. The van der Waals surface area contributed by atoms with Gasteiger partial charge in [0.15, 0.2) is 0 Å². The van der Waals surface area contributed by atoms with Gasteiger partial charge in [-0.3, -0.25) is 0 Å². The van der Waals surface area contributed by atoms with E-state index in [4.69, 9.17) is 9.47 Å². The lowest BCUT2D eigenvalue weighted by Gasteiger charge is -2.31. The van der Waals surface area contributed by atoms with Gasteiger partial charge in [-0.05, 0) is 5.56 Å². The first-order chi connectivity index (χ1) is 8.79. The van der Waals surface area contributed by atoms with Crippen molar-refractivity contribution in [3.8, 4) is 0 Å². The van der Waals surface area contributed by atoms with Crippen LogP contribution in [0.1, 0.15) is 5.56 Å². The van der Waals surface area contributed by atoms with Gasteiger partial charge in [0, 0.05) is 11.9 Å². The molecule has 0 aliphatic carbocycles. The van der Waals surface area contributed by atoms with Crippen LogP contribution < -0.4 is 0 Å². The van der Waals surface area contributed by atoms with E-state index < -0.39 is 0 Å². The molecule has 0 spiro atoms. The Morgan fingerprint density at radius 2 is 2.22 bits per heavy atom. The number of carbonyl (C=O) groups is 1. The number of ether oxygens (including phenoxy) is 2. The third-order valence-electron chi connectivity index (χ3n) is 2.77. The number of benzene rings is 1. The number of amides is 1. The standard InChI is InChI=1S/C13H16BrNO3/c14-8-12-9-15(6-7-17-12)13(16)18-10-11-4-2-1-3-5-11/h1-5,12H,6-10H2. The molecule has 1 amide bonds. The molecule has 1 aliphatic heterocycles. The number of alkyl halides is 1. The van der Waals surface area contributed by atoms with Gasteiger partial charge in [-0.25, -0.2) is 4.79 Å². The molecular formula is C13H16BrNO3. The molecule has 1 aliphatic rings. The highest BCUT2D eigenvalue weighted by atomic mass is 79.9. The molecule has 1 aromatic rings. The SMILES string of the molecule is O=C(OCc1ccccc1)N1CCOC(CBr)C1. The van der Waals surface area contributed by atoms with E-state index in [9.17, 15) is 4.79 Å². The first-order valence-electron chi connectivity index (χ1n) is 5.93. The number of hydrogen-bond acceptors (Lipinski definition) is 3. The molecule has 4 nitrogen and oxygen atoms in total. The van der Waals surface area contributed by atoms with Crippen LogP contribution in [0.15, 0.2) is 30.3 Å². The van der Waals surface area contributed by atoms with Crippen LogP contribution in [0.2, 0.25) is 0 Å². The summed E-state index contributed by atoms with van der Waals surface area (Å²) in [6.07, 6.45) is -0.212. The number of rotatable bonds is 3. The quantitative estimate of drug-likeness (QED) is 0.804. The van der Waals surface area contributed by atoms with Crippen molar-refractivity contribution in [1.29, 1.82) is 0 Å². The van der Waals surface area contributed by atoms with Crippen LogP contribution in [-0.2, 0) is 16.1 Å². The molecule has 0 bridgehead atoms. The van der Waals surface area contributed by atoms with Gasteiger partial charge in [0.05, 0.1) is 19.3 Å². The summed E-state index contributed by atoms with van der Waals surface area (Å²) < 4.78 is 10.8. The minimum absolute atomic E-state index is 0.0584. The van der Waals surface area contributed by atoms with Crippen LogP contribution in [-0.4, -0.2) is 42.1 Å². The van der Waals surface area contributed by atoms with Crippen molar-refractivity contribution in [2.24, 2.45) is 0 Å². The Labute approximate surface area is 115 Å². The molecular weight excluding hydrogens is 298 g/mol. The molecule has 1 saturated heterocycles. The number of carbonyl (C=O) groups excluding carboxylic acids is 1. The number of hydrogen-bond donors (Lipinski definition) is 0. The average molecular weight is 314 g/mol. The summed E-state index contributed by atoms with van der Waals surface area (Å²) in [4.78, 5) is 13.6. The van der Waals surface area contributed by atoms with Crippen molar-refractivity contribution in [2.75, 3.05) is 25.0 Å². The molecule has 1 fully saturated rings. The second-order valence-corrected chi connectivity index (χ2v) is 4.78. The fraction of sp³-hybridized carbons (Fsp3) is 0.462. The first kappa shape index (κ1) is 13.4. The molecule has 1 aromatic carbocycles. The Hall–Kier alpha value is -1.07. The largest absolute Gasteiger partial charge is 0.445 e. The van der Waals surface area contributed by atoms with Crippen LogP contribution in [0.25, 0.3) is 0 Å². The van der Waals surface area contributed by atoms with Crippen molar-refractivity contribution in [3.05, 3.63) is 35.9 Å². The number of nitrogens with zero attached hydrogens (tertiary/aromatic N) is 1. The van der Waals surface area contributed by atoms with Gasteiger partial charge in [0.2, 0.25) is 0 Å². The Kier molecular flexibility index (Phi) is 5.01. The Morgan fingerprint density at radius 1 is 1.44 bits per heavy atom. The zero-order valence-electron chi connectivity index (χ0n) is 10.0. The lowest BCUT2D eigenvalue weighted by atomic mass is 10.2. The van der Waals surface area contributed by atoms with Gasteiger partial charge in [0.1, 0.15) is 6.61 Å². The predicted octanol–water partition coefficient (Wildman–Crippen LogP) is 2.42. The molecule has 1 heterocycles. The summed E-state index contributed by atoms with van der Waals surface area (Å²) in [5.41, 5.74) is 0.996. The molecule has 2 rings (SSSR count). The highest BCUT2D eigenvalue weighted by Crippen LogP contribution is 2.10. The lowest BCUT2D eigenvalue weighted by molar-refractivity contribution is -0.0166. The van der Waals surface area contributed by atoms with Crippen LogP contribution >= 0.6 is 15.9 Å². The van der Waals surface area contributed by atoms with E-state index in [0.29, 0.717) is 26.3 Å². The third-order valence-corrected chi connectivity index (χ3v) is 3.50. The molecule has 0 radical (unpaired) electrons. The Morgan fingerprint density at radius 3 is 2.94 bits per heavy atom. The van der Waals surface area contributed by atoms with Gasteiger partial charge in [-0.2, -0.15) is 0 Å². The van der Waals surface area contributed by atoms with E-state index in [2.05, 4.69) is 15.9 Å². The minimum Gasteiger partial charge on any atom is -0.445 e. The maximum Gasteiger partial charge on any atom is 0.410 e. The van der Waals surface area contributed by atoms with Crippen LogP contribution in [0.5, 0.6) is 0 Å². The fourth-order valence-corrected chi connectivity index (χ4v) is 2.18. The summed E-state index contributed by atoms with van der Waals surface area (Å²) >= 11 is 3.36. The lowest BCUT2D eigenvalue weighted by Crippen LogP contribution is -2.46. The summed E-state index contributed by atoms with van der Waals surface area (Å²) in [5.74, 6) is 0. The van der Waals surface area contributed by atoms with E-state index in [1.807, 2.05) is 30.3 Å². The maximum atomic E-state index is 11.9. The van der Waals surface area contributed by atoms with Gasteiger partial charge in [-0.15, -0.1) is 0 Å². The van der Waals surface area contributed by atoms with Crippen molar-refractivity contribution < 1.29 is 14.3 Å². The topological polar surface area (TPSA) is 38.8 Å². The number of morpholine rings is 1. The highest BCUT2D eigenvalue weighted by molar-refractivity contribution is 9.09. The zero-order valence-corrected chi connectivity index (χ0v) is 11.6. The monoisotopic (exact) mass is 313 g/mol. The summed E-state index contributed by atoms with van der Waals surface area (Å²) in [6, 6.07) is 9.67. The molecule has 5 heteroatoms. The van der Waals surface area contributed by atoms with Crippen LogP contribution in [0, 0.1) is 0 Å². The molecule has 1 atom stereocenters. The van der Waals surface area contributed by atoms with Gasteiger partial charge >= 0.3 is 6.09 Å². The second kappa shape index (κ2) is 6.75.